The smallest absolute Gasteiger partial charge is 0.315 e. The van der Waals surface area contributed by atoms with E-state index in [2.05, 4.69) is 26.6 Å². The predicted octanol–water partition coefficient (Wildman–Crippen LogP) is 2.95. The number of hydrogen-bond acceptors (Lipinski definition) is 3. The minimum atomic E-state index is -0.862. The summed E-state index contributed by atoms with van der Waals surface area (Å²) < 4.78 is 1.02. The number of amides is 2. The molecule has 3 N–H and O–H groups in total. The summed E-state index contributed by atoms with van der Waals surface area (Å²) in [5, 5.41) is 14.2. The molecule has 1 heterocycles. The van der Waals surface area contributed by atoms with E-state index in [0.717, 1.165) is 8.66 Å². The number of aliphatic carboxylic acids is 1. The second-order valence-corrected chi connectivity index (χ2v) is 7.34. The Morgan fingerprint density at radius 1 is 1.42 bits per heavy atom. The van der Waals surface area contributed by atoms with Crippen molar-refractivity contribution in [1.29, 1.82) is 0 Å². The molecule has 0 radical (unpaired) electrons. The number of hydrogen-bond donors (Lipinski definition) is 3. The van der Waals surface area contributed by atoms with E-state index in [1.54, 1.807) is 25.2 Å². The van der Waals surface area contributed by atoms with Crippen molar-refractivity contribution in [3.63, 3.8) is 0 Å². The lowest BCUT2D eigenvalue weighted by Gasteiger charge is -2.25. The fraction of sp³-hybridized carbons (Fsp3) is 0.500. The molecule has 7 heteroatoms. The molecule has 0 saturated heterocycles. The quantitative estimate of drug-likeness (QED) is 0.739. The first-order valence-corrected chi connectivity index (χ1v) is 7.41. The molecule has 0 saturated carbocycles. The molecule has 106 valence electrons. The number of carbonyl (C=O) groups excluding carboxylic acids is 1. The topological polar surface area (TPSA) is 78.4 Å². The lowest BCUT2D eigenvalue weighted by Crippen LogP contribution is -2.48. The van der Waals surface area contributed by atoms with Crippen LogP contribution in [0.15, 0.2) is 15.9 Å². The first-order valence-electron chi connectivity index (χ1n) is 5.80. The van der Waals surface area contributed by atoms with Gasteiger partial charge in [-0.05, 0) is 48.3 Å². The van der Waals surface area contributed by atoms with Crippen molar-refractivity contribution in [2.45, 2.75) is 38.8 Å². The number of carboxylic acids is 1. The Labute approximate surface area is 124 Å². The molecule has 0 spiro atoms. The lowest BCUT2D eigenvalue weighted by molar-refractivity contribution is -0.137. The van der Waals surface area contributed by atoms with Gasteiger partial charge in [-0.2, -0.15) is 0 Å². The first-order chi connectivity index (χ1) is 8.78. The molecule has 0 fully saturated rings. The van der Waals surface area contributed by atoms with Gasteiger partial charge in [-0.3, -0.25) is 4.79 Å². The van der Waals surface area contributed by atoms with Gasteiger partial charge in [-0.25, -0.2) is 4.79 Å². The number of rotatable bonds is 6. The Morgan fingerprint density at radius 3 is 2.63 bits per heavy atom. The van der Waals surface area contributed by atoms with Crippen LogP contribution in [0.1, 0.15) is 31.6 Å². The van der Waals surface area contributed by atoms with E-state index in [9.17, 15) is 9.59 Å². The van der Waals surface area contributed by atoms with Crippen molar-refractivity contribution in [3.8, 4) is 0 Å². The first kappa shape index (κ1) is 16.0. The Balaban J connectivity index is 2.35. The van der Waals surface area contributed by atoms with Gasteiger partial charge in [0.25, 0.3) is 0 Å². The van der Waals surface area contributed by atoms with Crippen molar-refractivity contribution in [3.05, 3.63) is 20.8 Å². The Hall–Kier alpha value is -1.08. The van der Waals surface area contributed by atoms with Crippen LogP contribution in [0, 0.1) is 0 Å². The molecule has 2 amide bonds. The predicted molar refractivity (Wildman–Crippen MR) is 78.3 cm³/mol. The van der Waals surface area contributed by atoms with Gasteiger partial charge in [-0.15, -0.1) is 11.3 Å². The normalized spacial score (nSPS) is 11.1. The van der Waals surface area contributed by atoms with E-state index >= 15 is 0 Å². The number of carbonyl (C=O) groups is 2. The number of nitrogens with one attached hydrogen (secondary N) is 2. The third-order valence-electron chi connectivity index (χ3n) is 2.47. The maximum absolute atomic E-state index is 11.7. The van der Waals surface area contributed by atoms with Gasteiger partial charge < -0.3 is 15.7 Å². The zero-order valence-corrected chi connectivity index (χ0v) is 13.2. The van der Waals surface area contributed by atoms with Crippen LogP contribution >= 0.6 is 27.3 Å². The molecule has 5 nitrogen and oxygen atoms in total. The van der Waals surface area contributed by atoms with Crippen molar-refractivity contribution in [1.82, 2.24) is 10.6 Å². The molecule has 0 bridgehead atoms. The maximum Gasteiger partial charge on any atom is 0.315 e. The summed E-state index contributed by atoms with van der Waals surface area (Å²) in [7, 11) is 0. The van der Waals surface area contributed by atoms with Crippen LogP contribution in [0.25, 0.3) is 0 Å². The Kier molecular flexibility index (Phi) is 5.81. The van der Waals surface area contributed by atoms with Gasteiger partial charge in [0.1, 0.15) is 0 Å². The van der Waals surface area contributed by atoms with E-state index < -0.39 is 11.5 Å². The molecule has 1 aromatic rings. The zero-order valence-electron chi connectivity index (χ0n) is 10.8. The summed E-state index contributed by atoms with van der Waals surface area (Å²) in [6.45, 7) is 4.06. The largest absolute Gasteiger partial charge is 0.481 e. The maximum atomic E-state index is 11.7. The molecular formula is C12H17BrN2O3S. The van der Waals surface area contributed by atoms with Crippen LogP contribution in [0.4, 0.5) is 4.79 Å². The van der Waals surface area contributed by atoms with Crippen LogP contribution < -0.4 is 10.6 Å². The average molecular weight is 349 g/mol. The van der Waals surface area contributed by atoms with Crippen LogP contribution in [0.5, 0.6) is 0 Å². The number of halogens is 1. The SMILES string of the molecule is CC(C)(CCC(=O)O)NC(=O)NCc1ccc(Br)s1. The minimum absolute atomic E-state index is 0.0329. The van der Waals surface area contributed by atoms with E-state index in [-0.39, 0.29) is 12.5 Å². The third-order valence-corrected chi connectivity index (χ3v) is 4.09. The highest BCUT2D eigenvalue weighted by Gasteiger charge is 2.21. The van der Waals surface area contributed by atoms with E-state index in [4.69, 9.17) is 5.11 Å². The van der Waals surface area contributed by atoms with Crippen molar-refractivity contribution in [2.75, 3.05) is 0 Å². The molecule has 1 aromatic heterocycles. The Bertz CT molecular complexity index is 460. The van der Waals surface area contributed by atoms with Crippen LogP contribution in [-0.4, -0.2) is 22.6 Å². The fourth-order valence-electron chi connectivity index (χ4n) is 1.45. The highest BCUT2D eigenvalue weighted by molar-refractivity contribution is 9.11. The minimum Gasteiger partial charge on any atom is -0.481 e. The van der Waals surface area contributed by atoms with E-state index in [1.165, 1.54) is 0 Å². The van der Waals surface area contributed by atoms with Gasteiger partial charge in [0.2, 0.25) is 0 Å². The van der Waals surface area contributed by atoms with Crippen molar-refractivity contribution >= 4 is 39.3 Å². The summed E-state index contributed by atoms with van der Waals surface area (Å²) in [5.41, 5.74) is -0.543. The van der Waals surface area contributed by atoms with Gasteiger partial charge in [0.15, 0.2) is 0 Å². The van der Waals surface area contributed by atoms with Crippen molar-refractivity contribution in [2.24, 2.45) is 0 Å². The monoisotopic (exact) mass is 348 g/mol. The molecule has 0 aliphatic heterocycles. The molecular weight excluding hydrogens is 332 g/mol. The molecule has 0 aliphatic rings. The summed E-state index contributed by atoms with van der Waals surface area (Å²) >= 11 is 4.91. The van der Waals surface area contributed by atoms with E-state index in [1.807, 2.05) is 12.1 Å². The van der Waals surface area contributed by atoms with Crippen LogP contribution in [0.2, 0.25) is 0 Å². The van der Waals surface area contributed by atoms with Gasteiger partial charge in [0.05, 0.1) is 10.3 Å². The lowest BCUT2D eigenvalue weighted by atomic mass is 9.99. The standard InChI is InChI=1S/C12H17BrN2O3S/c1-12(2,6-5-10(16)17)15-11(18)14-7-8-3-4-9(13)19-8/h3-4H,5-7H2,1-2H3,(H,16,17)(H2,14,15,18). The summed E-state index contributed by atoms with van der Waals surface area (Å²) in [6.07, 6.45) is 0.422. The van der Waals surface area contributed by atoms with Gasteiger partial charge >= 0.3 is 12.0 Å². The molecule has 0 atom stereocenters. The summed E-state index contributed by atoms with van der Waals surface area (Å²) in [6, 6.07) is 3.57. The van der Waals surface area contributed by atoms with Gasteiger partial charge in [0, 0.05) is 16.8 Å². The van der Waals surface area contributed by atoms with Crippen LogP contribution in [0.3, 0.4) is 0 Å². The number of thiophene rings is 1. The average Bonchev–Trinajstić information content (AvgIpc) is 2.69. The molecule has 0 aromatic carbocycles. The van der Waals surface area contributed by atoms with Gasteiger partial charge in [-0.1, -0.05) is 0 Å². The second-order valence-electron chi connectivity index (χ2n) is 4.79. The van der Waals surface area contributed by atoms with Crippen LogP contribution in [-0.2, 0) is 11.3 Å². The third kappa shape index (κ3) is 6.58. The molecule has 1 rings (SSSR count). The summed E-state index contributed by atoms with van der Waals surface area (Å²) in [5.74, 6) is -0.862. The molecule has 0 aliphatic carbocycles. The Morgan fingerprint density at radius 2 is 2.11 bits per heavy atom. The number of carboxylic acid groups (broad SMARTS) is 1. The molecule has 0 unspecified atom stereocenters. The highest BCUT2D eigenvalue weighted by atomic mass is 79.9. The molecule has 19 heavy (non-hydrogen) atoms. The zero-order chi connectivity index (χ0) is 14.5. The number of urea groups is 1. The summed E-state index contributed by atoms with van der Waals surface area (Å²) in [4.78, 5) is 23.3. The van der Waals surface area contributed by atoms with E-state index in [0.29, 0.717) is 13.0 Å². The highest BCUT2D eigenvalue weighted by Crippen LogP contribution is 2.21. The van der Waals surface area contributed by atoms with Crippen molar-refractivity contribution < 1.29 is 14.7 Å². The fourth-order valence-corrected chi connectivity index (χ4v) is 2.87. The second kappa shape index (κ2) is 6.91.